The minimum atomic E-state index is -0.263. The maximum atomic E-state index is 8.39. The summed E-state index contributed by atoms with van der Waals surface area (Å²) in [6.07, 6.45) is 1.68. The van der Waals surface area contributed by atoms with Crippen molar-refractivity contribution in [2.75, 3.05) is 0 Å². The molecule has 23 heavy (non-hydrogen) atoms. The van der Waals surface area contributed by atoms with E-state index in [1.54, 1.807) is 12.3 Å². The molecule has 3 heteroatoms. The van der Waals surface area contributed by atoms with E-state index in [0.717, 1.165) is 10.8 Å². The van der Waals surface area contributed by atoms with Crippen molar-refractivity contribution in [2.45, 2.75) is 0 Å². The average Bonchev–Trinajstić information content (AvgIpc) is 3.14. The van der Waals surface area contributed by atoms with Crippen molar-refractivity contribution in [3.05, 3.63) is 72.8 Å². The van der Waals surface area contributed by atoms with Gasteiger partial charge in [0.1, 0.15) is 5.69 Å². The predicted molar refractivity (Wildman–Crippen MR) is 92.3 cm³/mol. The predicted octanol–water partition coefficient (Wildman–Crippen LogP) is 5.20. The van der Waals surface area contributed by atoms with Crippen molar-refractivity contribution < 1.29 is 10.0 Å². The first-order valence-corrected chi connectivity index (χ1v) is 7.20. The number of benzene rings is 3. The van der Waals surface area contributed by atoms with E-state index in [2.05, 4.69) is 10.1 Å². The molecule has 2 heterocycles. The van der Waals surface area contributed by atoms with E-state index in [1.165, 1.54) is 0 Å². The number of fused-ring (bicyclic) bond motifs is 5. The van der Waals surface area contributed by atoms with Crippen LogP contribution in [0.5, 0.6) is 0 Å². The summed E-state index contributed by atoms with van der Waals surface area (Å²) in [5.74, 6) is 0. The number of pyridine rings is 1. The summed E-state index contributed by atoms with van der Waals surface area (Å²) in [4.78, 5) is 4.33. The zero-order chi connectivity index (χ0) is 18.7. The normalized spacial score (nSPS) is 13.9. The van der Waals surface area contributed by atoms with E-state index < -0.39 is 0 Å². The molecule has 5 rings (SSSR count). The van der Waals surface area contributed by atoms with Crippen molar-refractivity contribution in [2.24, 2.45) is 0 Å². The van der Waals surface area contributed by atoms with Crippen LogP contribution < -0.4 is 0 Å². The molecule has 0 radical (unpaired) electrons. The summed E-state index contributed by atoms with van der Waals surface area (Å²) in [6.45, 7) is 0. The van der Waals surface area contributed by atoms with E-state index in [-0.39, 0.29) is 24.2 Å². The van der Waals surface area contributed by atoms with Crippen LogP contribution in [0.4, 0.5) is 0 Å². The first-order chi connectivity index (χ1) is 13.1. The molecule has 3 nitrogen and oxygen atoms in total. The van der Waals surface area contributed by atoms with Gasteiger partial charge in [0.15, 0.2) is 5.58 Å². The van der Waals surface area contributed by atoms with Gasteiger partial charge in [-0.05, 0) is 34.4 Å². The Morgan fingerprint density at radius 1 is 0.870 bits per heavy atom. The Morgan fingerprint density at radius 2 is 1.74 bits per heavy atom. The maximum absolute atomic E-state index is 8.39. The van der Waals surface area contributed by atoms with E-state index in [9.17, 15) is 0 Å². The van der Waals surface area contributed by atoms with Gasteiger partial charge in [-0.25, -0.2) is 0 Å². The fraction of sp³-hybridized carbons (Fsp3) is 0. The molecule has 0 fully saturated rings. The van der Waals surface area contributed by atoms with E-state index in [1.807, 2.05) is 36.4 Å². The van der Waals surface area contributed by atoms with E-state index in [4.69, 9.17) is 10.0 Å². The summed E-state index contributed by atoms with van der Waals surface area (Å²) in [7, 11) is 0. The highest BCUT2D eigenvalue weighted by molar-refractivity contribution is 6.19. The molecular formula is C20H12N2O. The average molecular weight is 300 g/mol. The number of aromatic nitrogens is 2. The molecule has 0 amide bonds. The monoisotopic (exact) mass is 300 g/mol. The molecule has 0 aliphatic carbocycles. The zero-order valence-corrected chi connectivity index (χ0v) is 11.9. The van der Waals surface area contributed by atoms with Crippen molar-refractivity contribution in [1.29, 1.82) is 0 Å². The van der Waals surface area contributed by atoms with Gasteiger partial charge in [0.25, 0.3) is 0 Å². The van der Waals surface area contributed by atoms with Crippen molar-refractivity contribution in [1.82, 2.24) is 10.1 Å². The molecule has 0 saturated heterocycles. The molecule has 0 N–H and O–H groups in total. The van der Waals surface area contributed by atoms with Gasteiger partial charge in [-0.2, -0.15) is 0 Å². The summed E-state index contributed by atoms with van der Waals surface area (Å²) < 4.78 is 38.2. The van der Waals surface area contributed by atoms with Gasteiger partial charge < -0.3 is 4.52 Å². The Balaban J connectivity index is 1.99. The van der Waals surface area contributed by atoms with Crippen LogP contribution in [0.1, 0.15) is 5.48 Å². The molecule has 0 bridgehead atoms. The topological polar surface area (TPSA) is 38.9 Å². The van der Waals surface area contributed by atoms with Crippen LogP contribution >= 0.6 is 0 Å². The van der Waals surface area contributed by atoms with E-state index >= 15 is 0 Å². The minimum Gasteiger partial charge on any atom is -0.355 e. The number of nitrogens with zero attached hydrogens (tertiary/aromatic N) is 2. The van der Waals surface area contributed by atoms with Crippen molar-refractivity contribution in [3.63, 3.8) is 0 Å². The third-order valence-corrected chi connectivity index (χ3v) is 3.98. The first-order valence-electron chi connectivity index (χ1n) is 9.20. The molecule has 5 aromatic rings. The lowest BCUT2D eigenvalue weighted by molar-refractivity contribution is 0.461. The highest BCUT2D eigenvalue weighted by Gasteiger charge is 2.15. The van der Waals surface area contributed by atoms with Crippen LogP contribution in [-0.4, -0.2) is 10.1 Å². The molecule has 3 aromatic carbocycles. The third-order valence-electron chi connectivity index (χ3n) is 3.98. The molecule has 0 saturated carbocycles. The lowest BCUT2D eigenvalue weighted by atomic mass is 9.99. The van der Waals surface area contributed by atoms with Crippen LogP contribution in [0.25, 0.3) is 43.9 Å². The first kappa shape index (κ1) is 9.06. The largest absolute Gasteiger partial charge is 0.355 e. The Hall–Kier alpha value is -3.20. The molecule has 2 aromatic heterocycles. The number of hydrogen-bond acceptors (Lipinski definition) is 3. The highest BCUT2D eigenvalue weighted by Crippen LogP contribution is 2.35. The molecule has 0 aliphatic rings. The van der Waals surface area contributed by atoms with Gasteiger partial charge in [0, 0.05) is 11.6 Å². The molecule has 0 spiro atoms. The summed E-state index contributed by atoms with van der Waals surface area (Å²) >= 11 is 0. The van der Waals surface area contributed by atoms with Crippen LogP contribution in [0, 0.1) is 0 Å². The van der Waals surface area contributed by atoms with E-state index in [0.29, 0.717) is 33.1 Å². The van der Waals surface area contributed by atoms with Gasteiger partial charge in [-0.15, -0.1) is 0 Å². The zero-order valence-electron chi connectivity index (χ0n) is 15.9. The van der Waals surface area contributed by atoms with Crippen LogP contribution in [-0.2, 0) is 0 Å². The van der Waals surface area contributed by atoms with Crippen molar-refractivity contribution >= 4 is 32.5 Å². The summed E-state index contributed by atoms with van der Waals surface area (Å²) in [5, 5.41) is 7.28. The lowest BCUT2D eigenvalue weighted by Crippen LogP contribution is -1.82. The Bertz CT molecular complexity index is 1360. The second kappa shape index (κ2) is 4.65. The molecule has 0 aliphatic heterocycles. The molecule has 108 valence electrons. The number of rotatable bonds is 1. The fourth-order valence-corrected chi connectivity index (χ4v) is 2.92. The molecular weight excluding hydrogens is 284 g/mol. The van der Waals surface area contributed by atoms with Gasteiger partial charge in [-0.1, -0.05) is 53.6 Å². The Kier molecular flexibility index (Phi) is 1.83. The number of hydrogen-bond donors (Lipinski definition) is 0. The molecule has 0 unspecified atom stereocenters. The quantitative estimate of drug-likeness (QED) is 0.400. The maximum Gasteiger partial charge on any atom is 0.176 e. The van der Waals surface area contributed by atoms with Crippen LogP contribution in [0.15, 0.2) is 77.4 Å². The lowest BCUT2D eigenvalue weighted by Gasteiger charge is -2.04. The Morgan fingerprint density at radius 3 is 2.65 bits per heavy atom. The van der Waals surface area contributed by atoms with Gasteiger partial charge in [0.2, 0.25) is 0 Å². The highest BCUT2D eigenvalue weighted by atomic mass is 16.5. The van der Waals surface area contributed by atoms with Crippen molar-refractivity contribution in [3.8, 4) is 11.4 Å². The Labute approximate surface area is 137 Å². The van der Waals surface area contributed by atoms with Crippen LogP contribution in [0.2, 0.25) is 0 Å². The SMILES string of the molecule is [2H]c1c([2H])c([2H])c2c(ccc3ccc4c(-c5ccccn5)noc4c32)c1[2H]. The second-order valence-electron chi connectivity index (χ2n) is 5.27. The summed E-state index contributed by atoms with van der Waals surface area (Å²) in [5.41, 5.74) is 1.77. The minimum absolute atomic E-state index is 0.0608. The van der Waals surface area contributed by atoms with Crippen LogP contribution in [0.3, 0.4) is 0 Å². The van der Waals surface area contributed by atoms with Gasteiger partial charge in [-0.3, -0.25) is 4.98 Å². The molecule has 0 atom stereocenters. The van der Waals surface area contributed by atoms with Gasteiger partial charge in [0.05, 0.1) is 16.6 Å². The van der Waals surface area contributed by atoms with Gasteiger partial charge >= 0.3 is 0 Å². The standard InChI is InChI=1S/C20H12N2O/c1-2-6-15-13(5-1)8-9-14-10-11-16-19(17-7-3-4-12-21-17)22-23-20(16)18(14)15/h1-12H/i1D,2D,5D,6D. The smallest absolute Gasteiger partial charge is 0.176 e. The fourth-order valence-electron chi connectivity index (χ4n) is 2.92. The summed E-state index contributed by atoms with van der Waals surface area (Å²) in [6, 6.07) is 12.2. The second-order valence-corrected chi connectivity index (χ2v) is 5.27. The third kappa shape index (κ3) is 1.77.